The van der Waals surface area contributed by atoms with Gasteiger partial charge in [0.15, 0.2) is 0 Å². The van der Waals surface area contributed by atoms with Gasteiger partial charge in [0.1, 0.15) is 10.6 Å². The van der Waals surface area contributed by atoms with Crippen LogP contribution in [0.4, 0.5) is 11.4 Å². The number of hydrogen-bond donors (Lipinski definition) is 2. The first kappa shape index (κ1) is 15.2. The zero-order valence-electron chi connectivity index (χ0n) is 12.4. The number of aromatic nitrogens is 2. The number of benzene rings is 1. The fourth-order valence-electron chi connectivity index (χ4n) is 1.82. The van der Waals surface area contributed by atoms with Crippen LogP contribution in [0.2, 0.25) is 0 Å². The lowest BCUT2D eigenvalue weighted by Gasteiger charge is -2.16. The Kier molecular flexibility index (Phi) is 4.13. The molecule has 0 atom stereocenters. The average Bonchev–Trinajstić information content (AvgIpc) is 2.90. The Bertz CT molecular complexity index is 661. The van der Waals surface area contributed by atoms with E-state index in [9.17, 15) is 4.79 Å². The summed E-state index contributed by atoms with van der Waals surface area (Å²) in [7, 11) is 1.53. The first-order chi connectivity index (χ1) is 9.82. The van der Waals surface area contributed by atoms with Gasteiger partial charge in [-0.05, 0) is 23.7 Å². The maximum absolute atomic E-state index is 12.4. The number of nitrogens with one attached hydrogen (secondary N) is 1. The van der Waals surface area contributed by atoms with Gasteiger partial charge in [-0.25, -0.2) is 0 Å². The monoisotopic (exact) mass is 306 g/mol. The predicted octanol–water partition coefficient (Wildman–Crippen LogP) is 2.68. The van der Waals surface area contributed by atoms with Crippen LogP contribution in [-0.2, 0) is 5.41 Å². The summed E-state index contributed by atoms with van der Waals surface area (Å²) in [4.78, 5) is 12.9. The van der Waals surface area contributed by atoms with Crippen molar-refractivity contribution in [1.82, 2.24) is 9.59 Å². The van der Waals surface area contributed by atoms with Crippen molar-refractivity contribution in [3.8, 4) is 5.75 Å². The molecule has 0 aliphatic heterocycles. The maximum atomic E-state index is 12.4. The van der Waals surface area contributed by atoms with E-state index in [4.69, 9.17) is 10.5 Å². The molecule has 0 spiro atoms. The minimum atomic E-state index is -0.252. The molecule has 21 heavy (non-hydrogen) atoms. The van der Waals surface area contributed by atoms with Gasteiger partial charge < -0.3 is 15.8 Å². The predicted molar refractivity (Wildman–Crippen MR) is 84.0 cm³/mol. The first-order valence-corrected chi connectivity index (χ1v) is 7.18. The van der Waals surface area contributed by atoms with Crippen LogP contribution in [0.5, 0.6) is 5.75 Å². The molecular formula is C14H18N4O2S. The van der Waals surface area contributed by atoms with Crippen LogP contribution < -0.4 is 15.8 Å². The van der Waals surface area contributed by atoms with E-state index < -0.39 is 0 Å². The summed E-state index contributed by atoms with van der Waals surface area (Å²) in [5.74, 6) is 0.260. The molecule has 2 aromatic rings. The van der Waals surface area contributed by atoms with E-state index in [1.54, 1.807) is 18.2 Å². The largest absolute Gasteiger partial charge is 0.494 e. The number of rotatable bonds is 3. The molecule has 6 nitrogen and oxygen atoms in total. The van der Waals surface area contributed by atoms with E-state index in [2.05, 4.69) is 14.9 Å². The first-order valence-electron chi connectivity index (χ1n) is 6.40. The number of carbonyl (C=O) groups is 1. The normalized spacial score (nSPS) is 11.2. The molecular weight excluding hydrogens is 288 g/mol. The van der Waals surface area contributed by atoms with Gasteiger partial charge in [0, 0.05) is 17.2 Å². The number of nitrogens with two attached hydrogens (primary N) is 1. The molecule has 1 heterocycles. The standard InChI is InChI=1S/C14H18N4O2S/c1-14(2,3)12-11(21-18-17-12)13(19)16-9-6-5-8(15)7-10(9)20-4/h5-7H,15H2,1-4H3,(H,16,19). The highest BCUT2D eigenvalue weighted by Crippen LogP contribution is 2.30. The van der Waals surface area contributed by atoms with Gasteiger partial charge in [0.05, 0.1) is 18.5 Å². The van der Waals surface area contributed by atoms with Gasteiger partial charge in [0.25, 0.3) is 5.91 Å². The number of nitrogens with zero attached hydrogens (tertiary/aromatic N) is 2. The van der Waals surface area contributed by atoms with Crippen molar-refractivity contribution < 1.29 is 9.53 Å². The van der Waals surface area contributed by atoms with Gasteiger partial charge in [-0.1, -0.05) is 25.3 Å². The van der Waals surface area contributed by atoms with E-state index in [0.29, 0.717) is 27.7 Å². The summed E-state index contributed by atoms with van der Waals surface area (Å²) in [6.45, 7) is 5.97. The molecule has 1 aromatic carbocycles. The molecule has 0 aliphatic carbocycles. The van der Waals surface area contributed by atoms with Crippen LogP contribution in [0.1, 0.15) is 36.1 Å². The Labute approximate surface area is 127 Å². The van der Waals surface area contributed by atoms with Gasteiger partial charge in [-0.15, -0.1) is 5.10 Å². The Morgan fingerprint density at radius 3 is 2.71 bits per heavy atom. The van der Waals surface area contributed by atoms with Crippen molar-refractivity contribution in [2.24, 2.45) is 0 Å². The molecule has 2 rings (SSSR count). The highest BCUT2D eigenvalue weighted by atomic mass is 32.1. The van der Waals surface area contributed by atoms with Crippen LogP contribution in [0.15, 0.2) is 18.2 Å². The highest BCUT2D eigenvalue weighted by molar-refractivity contribution is 7.08. The number of amides is 1. The summed E-state index contributed by atoms with van der Waals surface area (Å²) >= 11 is 1.08. The lowest BCUT2D eigenvalue weighted by Crippen LogP contribution is -2.20. The van der Waals surface area contributed by atoms with Gasteiger partial charge >= 0.3 is 0 Å². The summed E-state index contributed by atoms with van der Waals surface area (Å²) in [6, 6.07) is 5.07. The molecule has 0 saturated heterocycles. The Morgan fingerprint density at radius 2 is 2.10 bits per heavy atom. The molecule has 3 N–H and O–H groups in total. The van der Waals surface area contributed by atoms with Crippen molar-refractivity contribution in [3.63, 3.8) is 0 Å². The number of methoxy groups -OCH3 is 1. The second-order valence-electron chi connectivity index (χ2n) is 5.61. The van der Waals surface area contributed by atoms with Crippen molar-refractivity contribution in [3.05, 3.63) is 28.8 Å². The zero-order chi connectivity index (χ0) is 15.6. The summed E-state index contributed by atoms with van der Waals surface area (Å²) in [5.41, 5.74) is 7.26. The van der Waals surface area contributed by atoms with E-state index >= 15 is 0 Å². The Balaban J connectivity index is 2.29. The quantitative estimate of drug-likeness (QED) is 0.851. The Morgan fingerprint density at radius 1 is 1.38 bits per heavy atom. The van der Waals surface area contributed by atoms with Crippen LogP contribution in [0.3, 0.4) is 0 Å². The smallest absolute Gasteiger partial charge is 0.269 e. The minimum Gasteiger partial charge on any atom is -0.494 e. The van der Waals surface area contributed by atoms with Crippen molar-refractivity contribution in [2.75, 3.05) is 18.2 Å². The second kappa shape index (κ2) is 5.69. The molecule has 7 heteroatoms. The van der Waals surface area contributed by atoms with Crippen molar-refractivity contribution >= 4 is 28.8 Å². The topological polar surface area (TPSA) is 90.1 Å². The number of anilines is 2. The molecule has 0 saturated carbocycles. The van der Waals surface area contributed by atoms with Crippen LogP contribution in [0, 0.1) is 0 Å². The molecule has 0 fully saturated rings. The van der Waals surface area contributed by atoms with Crippen molar-refractivity contribution in [2.45, 2.75) is 26.2 Å². The molecule has 0 aliphatic rings. The third-order valence-corrected chi connectivity index (χ3v) is 3.60. The zero-order valence-corrected chi connectivity index (χ0v) is 13.2. The van der Waals surface area contributed by atoms with Gasteiger partial charge in [-0.3, -0.25) is 4.79 Å². The van der Waals surface area contributed by atoms with E-state index in [1.807, 2.05) is 20.8 Å². The molecule has 1 aromatic heterocycles. The lowest BCUT2D eigenvalue weighted by molar-refractivity contribution is 0.102. The SMILES string of the molecule is COc1cc(N)ccc1NC(=O)c1snnc1C(C)(C)C. The van der Waals surface area contributed by atoms with E-state index in [0.717, 1.165) is 11.5 Å². The van der Waals surface area contributed by atoms with Gasteiger partial charge in [0.2, 0.25) is 0 Å². The highest BCUT2D eigenvalue weighted by Gasteiger charge is 2.26. The van der Waals surface area contributed by atoms with Crippen LogP contribution in [0.25, 0.3) is 0 Å². The molecule has 0 bridgehead atoms. The summed E-state index contributed by atoms with van der Waals surface area (Å²) < 4.78 is 9.11. The third kappa shape index (κ3) is 3.30. The number of ether oxygens (including phenoxy) is 1. The second-order valence-corrected chi connectivity index (χ2v) is 6.37. The third-order valence-electron chi connectivity index (χ3n) is 2.88. The fraction of sp³-hybridized carbons (Fsp3) is 0.357. The summed E-state index contributed by atoms with van der Waals surface area (Å²) in [6.07, 6.45) is 0. The molecule has 0 radical (unpaired) electrons. The molecule has 1 amide bonds. The molecule has 0 unspecified atom stereocenters. The van der Waals surface area contributed by atoms with E-state index in [-0.39, 0.29) is 11.3 Å². The lowest BCUT2D eigenvalue weighted by atomic mass is 9.91. The molecule has 112 valence electrons. The average molecular weight is 306 g/mol. The maximum Gasteiger partial charge on any atom is 0.269 e. The van der Waals surface area contributed by atoms with Crippen molar-refractivity contribution in [1.29, 1.82) is 0 Å². The fourth-order valence-corrected chi connectivity index (χ4v) is 2.59. The minimum absolute atomic E-state index is 0.245. The van der Waals surface area contributed by atoms with Gasteiger partial charge in [-0.2, -0.15) is 0 Å². The number of carbonyl (C=O) groups excluding carboxylic acids is 1. The summed E-state index contributed by atoms with van der Waals surface area (Å²) in [5, 5.41) is 6.88. The van der Waals surface area contributed by atoms with Crippen LogP contribution in [-0.4, -0.2) is 22.6 Å². The number of nitrogen functional groups attached to an aromatic ring is 1. The van der Waals surface area contributed by atoms with Crippen LogP contribution >= 0.6 is 11.5 Å². The van der Waals surface area contributed by atoms with E-state index in [1.165, 1.54) is 7.11 Å². The Hall–Kier alpha value is -2.15. The number of hydrogen-bond acceptors (Lipinski definition) is 6.